The average molecular weight is 600 g/mol. The first-order chi connectivity index (χ1) is 20.2. The number of Topliss-reactive ketones (excluding diaryl/α,β-unsaturated/α-hetero) is 1. The number of benzene rings is 1. The largest absolute Gasteiger partial charge is 0.456 e. The predicted octanol–water partition coefficient (Wildman–Crippen LogP) is 1.97. The minimum atomic E-state index is -1.11. The Morgan fingerprint density at radius 3 is 2.23 bits per heavy atom. The molecule has 4 unspecified atom stereocenters. The Morgan fingerprint density at radius 1 is 1.02 bits per heavy atom. The summed E-state index contributed by atoms with van der Waals surface area (Å²) in [5.41, 5.74) is 5.31. The lowest BCUT2D eigenvalue weighted by Gasteiger charge is -2.36. The van der Waals surface area contributed by atoms with Crippen molar-refractivity contribution in [1.29, 1.82) is 0 Å². The van der Waals surface area contributed by atoms with Crippen LogP contribution in [-0.4, -0.2) is 71.6 Å². The Morgan fingerprint density at radius 2 is 1.67 bits per heavy atom. The molecular formula is C31H45N5O7. The Hall–Kier alpha value is -3.96. The highest BCUT2D eigenvalue weighted by Gasteiger charge is 2.45. The number of nitrogens with two attached hydrogens (primary N) is 1. The van der Waals surface area contributed by atoms with Crippen molar-refractivity contribution in [3.63, 3.8) is 0 Å². The number of ether oxygens (including phenoxy) is 1. The lowest BCUT2D eigenvalue weighted by Crippen LogP contribution is -2.60. The van der Waals surface area contributed by atoms with Gasteiger partial charge in [-0.1, -0.05) is 77.3 Å². The number of carbonyl (C=O) groups is 6. The highest BCUT2D eigenvalue weighted by atomic mass is 16.5. The van der Waals surface area contributed by atoms with Crippen molar-refractivity contribution in [3.05, 3.63) is 35.9 Å². The highest BCUT2D eigenvalue weighted by Crippen LogP contribution is 2.32. The van der Waals surface area contributed by atoms with Gasteiger partial charge in [0, 0.05) is 6.54 Å². The number of primary amides is 1. The maximum atomic E-state index is 13.9. The average Bonchev–Trinajstić information content (AvgIpc) is 3.32. The lowest BCUT2D eigenvalue weighted by molar-refractivity contribution is -0.147. The van der Waals surface area contributed by atoms with E-state index in [4.69, 9.17) is 10.5 Å². The van der Waals surface area contributed by atoms with Gasteiger partial charge in [0.1, 0.15) is 24.7 Å². The second-order valence-corrected chi connectivity index (χ2v) is 12.7. The molecule has 5 N–H and O–H groups in total. The van der Waals surface area contributed by atoms with Gasteiger partial charge >= 0.3 is 12.0 Å². The molecule has 0 bridgehead atoms. The number of nitrogens with zero attached hydrogens (tertiary/aromatic N) is 1. The van der Waals surface area contributed by atoms with Gasteiger partial charge in [-0.15, -0.1) is 0 Å². The summed E-state index contributed by atoms with van der Waals surface area (Å²) in [6.07, 6.45) is 3.20. The number of likely N-dealkylation sites (tertiary alicyclic amines) is 1. The fourth-order valence-electron chi connectivity index (χ4n) is 5.50. The van der Waals surface area contributed by atoms with Crippen LogP contribution in [0.1, 0.15) is 78.4 Å². The first kappa shape index (κ1) is 33.5. The van der Waals surface area contributed by atoms with Crippen molar-refractivity contribution in [2.24, 2.45) is 23.0 Å². The molecule has 1 saturated carbocycles. The Bertz CT molecular complexity index is 1190. The van der Waals surface area contributed by atoms with Crippen molar-refractivity contribution < 1.29 is 33.5 Å². The number of hydrogen-bond acceptors (Lipinski definition) is 7. The van der Waals surface area contributed by atoms with Crippen LogP contribution in [0.3, 0.4) is 0 Å². The SMILES string of the molecule is CC(OC(=O)CNC(=O)NC(C(=O)N1CC[C@H](C)C1C(=O)NC(CC1CCC1)C(=O)C(N)=O)C(C)(C)C)c1ccccc1. The Labute approximate surface area is 252 Å². The van der Waals surface area contributed by atoms with Crippen LogP contribution in [-0.2, 0) is 28.7 Å². The van der Waals surface area contributed by atoms with Gasteiger partial charge in [0.15, 0.2) is 0 Å². The first-order valence-electron chi connectivity index (χ1n) is 14.9. The zero-order chi connectivity index (χ0) is 31.9. The number of carbonyl (C=O) groups excluding carboxylic acids is 6. The first-order valence-corrected chi connectivity index (χ1v) is 14.9. The molecule has 12 heteroatoms. The summed E-state index contributed by atoms with van der Waals surface area (Å²) in [6.45, 7) is 8.76. The number of urea groups is 1. The van der Waals surface area contributed by atoms with Gasteiger partial charge in [-0.25, -0.2) is 4.79 Å². The molecule has 12 nitrogen and oxygen atoms in total. The fraction of sp³-hybridized carbons (Fsp3) is 0.613. The predicted molar refractivity (Wildman–Crippen MR) is 158 cm³/mol. The summed E-state index contributed by atoms with van der Waals surface area (Å²) in [5.74, 6) is -3.62. The van der Waals surface area contributed by atoms with Gasteiger partial charge in [0.05, 0.1) is 6.04 Å². The standard InChI is InChI=1S/C31H45N5O7/c1-18-14-15-36(24(18)28(40)34-22(25(38)27(32)39)16-20-10-9-11-20)29(41)26(31(3,4)5)35-30(42)33-17-23(37)43-19(2)21-12-7-6-8-13-21/h6-8,12-13,18-20,22,24,26H,9-11,14-17H2,1-5H3,(H2,32,39)(H,34,40)(H2,33,35,42)/t18-,19?,22?,24?,26?/m0/s1. The summed E-state index contributed by atoms with van der Waals surface area (Å²) in [4.78, 5) is 78.1. The lowest BCUT2D eigenvalue weighted by atomic mass is 9.80. The molecule has 2 fully saturated rings. The highest BCUT2D eigenvalue weighted by molar-refractivity contribution is 6.37. The molecule has 0 spiro atoms. The number of ketones is 1. The molecule has 236 valence electrons. The number of rotatable bonds is 12. The smallest absolute Gasteiger partial charge is 0.326 e. The van der Waals surface area contributed by atoms with Crippen LogP contribution in [0, 0.1) is 17.3 Å². The van der Waals surface area contributed by atoms with Crippen molar-refractivity contribution in [2.75, 3.05) is 13.1 Å². The van der Waals surface area contributed by atoms with Gasteiger partial charge in [0.25, 0.3) is 5.91 Å². The van der Waals surface area contributed by atoms with Crippen molar-refractivity contribution in [2.45, 2.75) is 91.0 Å². The molecule has 43 heavy (non-hydrogen) atoms. The van der Waals surface area contributed by atoms with Gasteiger partial charge in [-0.05, 0) is 42.6 Å². The maximum Gasteiger partial charge on any atom is 0.326 e. The maximum absolute atomic E-state index is 13.9. The third-order valence-electron chi connectivity index (χ3n) is 8.28. The van der Waals surface area contributed by atoms with E-state index in [0.29, 0.717) is 12.8 Å². The quantitative estimate of drug-likeness (QED) is 0.210. The normalized spacial score (nSPS) is 20.6. The molecule has 1 heterocycles. The van der Waals surface area contributed by atoms with Crippen LogP contribution in [0.15, 0.2) is 30.3 Å². The molecule has 5 atom stereocenters. The second-order valence-electron chi connectivity index (χ2n) is 12.7. The van der Waals surface area contributed by atoms with Crippen LogP contribution in [0.2, 0.25) is 0 Å². The van der Waals surface area contributed by atoms with E-state index in [0.717, 1.165) is 24.8 Å². The van der Waals surface area contributed by atoms with Gasteiger partial charge in [-0.2, -0.15) is 0 Å². The Kier molecular flexibility index (Phi) is 11.3. The molecular weight excluding hydrogens is 554 g/mol. The molecule has 1 saturated heterocycles. The zero-order valence-corrected chi connectivity index (χ0v) is 25.7. The van der Waals surface area contributed by atoms with Crippen molar-refractivity contribution >= 4 is 35.5 Å². The summed E-state index contributed by atoms with van der Waals surface area (Å²) < 4.78 is 5.38. The summed E-state index contributed by atoms with van der Waals surface area (Å²) >= 11 is 0. The fourth-order valence-corrected chi connectivity index (χ4v) is 5.50. The molecule has 5 amide bonds. The molecule has 1 aromatic rings. The minimum Gasteiger partial charge on any atom is -0.456 e. The Balaban J connectivity index is 1.64. The third kappa shape index (κ3) is 9.01. The number of nitrogens with one attached hydrogen (secondary N) is 3. The number of amides is 5. The van der Waals surface area contributed by atoms with Gasteiger partial charge < -0.3 is 31.3 Å². The molecule has 1 aromatic carbocycles. The van der Waals surface area contributed by atoms with E-state index in [1.807, 2.05) is 37.3 Å². The van der Waals surface area contributed by atoms with E-state index in [-0.39, 0.29) is 18.4 Å². The van der Waals surface area contributed by atoms with Crippen LogP contribution < -0.4 is 21.7 Å². The number of esters is 1. The summed E-state index contributed by atoms with van der Waals surface area (Å²) in [5, 5.41) is 7.82. The zero-order valence-electron chi connectivity index (χ0n) is 25.7. The molecule has 0 radical (unpaired) electrons. The van der Waals surface area contributed by atoms with Crippen molar-refractivity contribution in [1.82, 2.24) is 20.9 Å². The van der Waals surface area contributed by atoms with Crippen LogP contribution in [0.5, 0.6) is 0 Å². The third-order valence-corrected chi connectivity index (χ3v) is 8.28. The van der Waals surface area contributed by atoms with Crippen LogP contribution >= 0.6 is 0 Å². The van der Waals surface area contributed by atoms with E-state index in [1.165, 1.54) is 4.90 Å². The van der Waals surface area contributed by atoms with E-state index >= 15 is 0 Å². The number of hydrogen-bond donors (Lipinski definition) is 4. The summed E-state index contributed by atoms with van der Waals surface area (Å²) in [6, 6.07) is 5.45. The molecule has 1 aliphatic heterocycles. The monoisotopic (exact) mass is 599 g/mol. The topological polar surface area (TPSA) is 177 Å². The second kappa shape index (κ2) is 14.5. The van der Waals surface area contributed by atoms with Gasteiger partial charge in [-0.3, -0.25) is 24.0 Å². The molecule has 0 aromatic heterocycles. The molecule has 1 aliphatic carbocycles. The van der Waals surface area contributed by atoms with Crippen LogP contribution in [0.25, 0.3) is 0 Å². The van der Waals surface area contributed by atoms with E-state index in [1.54, 1.807) is 27.7 Å². The van der Waals surface area contributed by atoms with Crippen LogP contribution in [0.4, 0.5) is 4.79 Å². The molecule has 3 rings (SSSR count). The van der Waals surface area contributed by atoms with E-state index in [9.17, 15) is 28.8 Å². The van der Waals surface area contributed by atoms with E-state index in [2.05, 4.69) is 16.0 Å². The minimum absolute atomic E-state index is 0.221. The van der Waals surface area contributed by atoms with Gasteiger partial charge in [0.2, 0.25) is 17.6 Å². The van der Waals surface area contributed by atoms with E-state index < -0.39 is 71.7 Å². The van der Waals surface area contributed by atoms with Crippen molar-refractivity contribution in [3.8, 4) is 0 Å². The summed E-state index contributed by atoms with van der Waals surface area (Å²) in [7, 11) is 0. The molecule has 2 aliphatic rings.